The first-order valence-corrected chi connectivity index (χ1v) is 23.1. The molecule has 5 aromatic carbocycles. The number of nitrogens with zero attached hydrogens (tertiary/aromatic N) is 8. The lowest BCUT2D eigenvalue weighted by molar-refractivity contribution is -0.131. The van der Waals surface area contributed by atoms with E-state index >= 15 is 4.79 Å². The van der Waals surface area contributed by atoms with Crippen LogP contribution < -0.4 is 14.5 Å². The van der Waals surface area contributed by atoms with E-state index < -0.39 is 11.6 Å². The van der Waals surface area contributed by atoms with E-state index in [-0.39, 0.29) is 24.1 Å². The average molecular weight is 875 g/mol. The molecule has 4 aliphatic heterocycles. The molecule has 5 heterocycles. The van der Waals surface area contributed by atoms with Gasteiger partial charge in [-0.1, -0.05) is 127 Å². The van der Waals surface area contributed by atoms with Gasteiger partial charge in [0.1, 0.15) is 29.4 Å². The van der Waals surface area contributed by atoms with E-state index in [4.69, 9.17) is 14.7 Å². The number of nitriles is 1. The molecule has 0 aliphatic carbocycles. The SMILES string of the molecule is CN1CCC[C@H]1COc1nc2c(c(N3CCN(C(=O)C4=CC=CC=CN4C(c4ccccc4)(c4ccccc4)c4ccccc4)[C@@H](CC#N)C3)n1)CCN(c1cc(O)cc3ccccc13)C2. The molecular formula is C55H54N8O3. The molecule has 2 fully saturated rings. The highest BCUT2D eigenvalue weighted by Gasteiger charge is 2.46. The fourth-order valence-corrected chi connectivity index (χ4v) is 10.5. The fourth-order valence-electron chi connectivity index (χ4n) is 10.5. The van der Waals surface area contributed by atoms with Crippen LogP contribution >= 0.6 is 0 Å². The number of aromatic hydroxyl groups is 1. The van der Waals surface area contributed by atoms with E-state index in [1.165, 1.54) is 0 Å². The molecule has 0 saturated carbocycles. The molecule has 11 nitrogen and oxygen atoms in total. The summed E-state index contributed by atoms with van der Waals surface area (Å²) in [7, 11) is 2.13. The number of phenolic OH excluding ortho intramolecular Hbond substituents is 1. The molecule has 0 radical (unpaired) electrons. The van der Waals surface area contributed by atoms with Crippen LogP contribution in [-0.4, -0.2) is 94.1 Å². The van der Waals surface area contributed by atoms with Crippen molar-refractivity contribution >= 4 is 28.2 Å². The Morgan fingerprint density at radius 3 is 2.18 bits per heavy atom. The van der Waals surface area contributed by atoms with Crippen molar-refractivity contribution in [2.24, 2.45) is 0 Å². The minimum Gasteiger partial charge on any atom is -0.508 e. The number of hydrogen-bond donors (Lipinski definition) is 1. The number of piperazine rings is 1. The first-order valence-electron chi connectivity index (χ1n) is 23.1. The Morgan fingerprint density at radius 1 is 0.803 bits per heavy atom. The molecule has 1 N–H and O–H groups in total. The van der Waals surface area contributed by atoms with E-state index in [9.17, 15) is 10.4 Å². The summed E-state index contributed by atoms with van der Waals surface area (Å²) in [6, 6.07) is 45.5. The summed E-state index contributed by atoms with van der Waals surface area (Å²) < 4.78 is 6.47. The highest BCUT2D eigenvalue weighted by molar-refractivity contribution is 5.96. The van der Waals surface area contributed by atoms with Crippen molar-refractivity contribution < 1.29 is 14.6 Å². The zero-order chi connectivity index (χ0) is 45.0. The number of amides is 1. The number of rotatable bonds is 11. The van der Waals surface area contributed by atoms with Crippen LogP contribution in [0.4, 0.5) is 11.5 Å². The molecule has 0 unspecified atom stereocenters. The summed E-state index contributed by atoms with van der Waals surface area (Å²) in [5.74, 6) is 0.864. The average Bonchev–Trinajstić information content (AvgIpc) is 3.62. The number of phenols is 1. The van der Waals surface area contributed by atoms with Gasteiger partial charge in [0, 0.05) is 61.1 Å². The number of anilines is 2. The van der Waals surface area contributed by atoms with Gasteiger partial charge in [-0.05, 0) is 73.1 Å². The first-order chi connectivity index (χ1) is 32.4. The minimum absolute atomic E-state index is 0.144. The Labute approximate surface area is 386 Å². The molecule has 10 rings (SSSR count). The maximum absolute atomic E-state index is 15.5. The zero-order valence-corrected chi connectivity index (χ0v) is 37.3. The number of carbonyl (C=O) groups is 1. The number of carbonyl (C=O) groups excluding carboxylic acids is 1. The molecular weight excluding hydrogens is 821 g/mol. The van der Waals surface area contributed by atoms with Crippen molar-refractivity contribution in [3.05, 3.63) is 192 Å². The summed E-state index contributed by atoms with van der Waals surface area (Å²) in [4.78, 5) is 36.7. The van der Waals surface area contributed by atoms with Crippen molar-refractivity contribution in [3.8, 4) is 17.8 Å². The highest BCUT2D eigenvalue weighted by Crippen LogP contribution is 2.46. The van der Waals surface area contributed by atoms with Crippen LogP contribution in [0.15, 0.2) is 164 Å². The van der Waals surface area contributed by atoms with Gasteiger partial charge in [0.05, 0.1) is 30.8 Å². The molecule has 1 amide bonds. The summed E-state index contributed by atoms with van der Waals surface area (Å²) >= 11 is 0. The highest BCUT2D eigenvalue weighted by atomic mass is 16.5. The summed E-state index contributed by atoms with van der Waals surface area (Å²) in [6.07, 6.45) is 12.8. The zero-order valence-electron chi connectivity index (χ0n) is 37.3. The number of hydrogen-bond acceptors (Lipinski definition) is 10. The Hall–Kier alpha value is -7.42. The molecule has 0 spiro atoms. The normalized spacial score (nSPS) is 18.8. The number of likely N-dealkylation sites (tertiary alicyclic amines) is 1. The van der Waals surface area contributed by atoms with Gasteiger partial charge in [0.15, 0.2) is 0 Å². The van der Waals surface area contributed by atoms with Crippen LogP contribution in [0.3, 0.4) is 0 Å². The van der Waals surface area contributed by atoms with Gasteiger partial charge in [-0.2, -0.15) is 15.2 Å². The van der Waals surface area contributed by atoms with Crippen LogP contribution in [-0.2, 0) is 23.3 Å². The number of ether oxygens (including phenoxy) is 1. The van der Waals surface area contributed by atoms with Crippen molar-refractivity contribution in [1.82, 2.24) is 24.7 Å². The van der Waals surface area contributed by atoms with Gasteiger partial charge >= 0.3 is 6.01 Å². The van der Waals surface area contributed by atoms with Gasteiger partial charge < -0.3 is 34.3 Å². The second-order valence-corrected chi connectivity index (χ2v) is 17.6. The molecule has 2 atom stereocenters. The smallest absolute Gasteiger partial charge is 0.318 e. The largest absolute Gasteiger partial charge is 0.508 e. The number of allylic oxidation sites excluding steroid dienone is 4. The van der Waals surface area contributed by atoms with Crippen molar-refractivity contribution in [2.75, 3.05) is 56.2 Å². The van der Waals surface area contributed by atoms with E-state index in [0.717, 1.165) is 69.6 Å². The van der Waals surface area contributed by atoms with Crippen LogP contribution in [0, 0.1) is 11.3 Å². The van der Waals surface area contributed by atoms with Gasteiger partial charge in [-0.3, -0.25) is 4.79 Å². The van der Waals surface area contributed by atoms with Gasteiger partial charge in [0.25, 0.3) is 5.91 Å². The lowest BCUT2D eigenvalue weighted by Gasteiger charge is -2.48. The van der Waals surface area contributed by atoms with Gasteiger partial charge in [-0.15, -0.1) is 0 Å². The third kappa shape index (κ3) is 8.02. The minimum atomic E-state index is -0.928. The number of likely N-dealkylation sites (N-methyl/N-ethyl adjacent to an activating group) is 1. The molecule has 11 heteroatoms. The summed E-state index contributed by atoms with van der Waals surface area (Å²) in [5.41, 5.74) is 5.47. The lowest BCUT2D eigenvalue weighted by atomic mass is 9.75. The molecule has 332 valence electrons. The third-order valence-corrected chi connectivity index (χ3v) is 13.8. The second kappa shape index (κ2) is 18.6. The van der Waals surface area contributed by atoms with Crippen LogP contribution in [0.5, 0.6) is 11.8 Å². The first kappa shape index (κ1) is 42.5. The maximum Gasteiger partial charge on any atom is 0.318 e. The predicted octanol–water partition coefficient (Wildman–Crippen LogP) is 8.56. The summed E-state index contributed by atoms with van der Waals surface area (Å²) in [5, 5.41) is 23.2. The van der Waals surface area contributed by atoms with E-state index in [2.05, 4.69) is 75.2 Å². The van der Waals surface area contributed by atoms with Crippen molar-refractivity contribution in [2.45, 2.75) is 49.9 Å². The van der Waals surface area contributed by atoms with Gasteiger partial charge in [-0.25, -0.2) is 0 Å². The lowest BCUT2D eigenvalue weighted by Crippen LogP contribution is -2.58. The fraction of sp³-hybridized carbons (Fsp3) is 0.273. The van der Waals surface area contributed by atoms with Crippen molar-refractivity contribution in [1.29, 1.82) is 5.26 Å². The molecule has 0 bridgehead atoms. The standard InChI is InChI=1S/C55H54N8O3/c1-59-30-16-24-45(59)39-66-54-57-49-38-60(51-36-46(64)35-40-17-13-14-25-47(40)51)32-28-48(49)52(58-54)61-33-34-62(44(37-61)27-29-56)53(65)50-26-12-5-15-31-63(50)55(41-18-6-2-7-19-41,42-20-8-3-9-21-42)43-22-10-4-11-23-43/h2-15,17-23,25-26,31,35-36,44-45,64H,16,24,27-28,30,32-34,37-39H2,1H3/t44-,45-/m0/s1. The van der Waals surface area contributed by atoms with Gasteiger partial charge in [0.2, 0.25) is 0 Å². The number of aromatic nitrogens is 2. The topological polar surface area (TPSA) is 112 Å². The Kier molecular flexibility index (Phi) is 12.0. The molecule has 6 aromatic rings. The molecule has 4 aliphatic rings. The third-order valence-electron chi connectivity index (χ3n) is 13.8. The molecule has 2 saturated heterocycles. The van der Waals surface area contributed by atoms with Crippen molar-refractivity contribution in [3.63, 3.8) is 0 Å². The number of fused-ring (bicyclic) bond motifs is 2. The Balaban J connectivity index is 0.999. The van der Waals surface area contributed by atoms with E-state index in [1.54, 1.807) is 6.07 Å². The van der Waals surface area contributed by atoms with E-state index in [1.807, 2.05) is 114 Å². The van der Waals surface area contributed by atoms with Crippen LogP contribution in [0.1, 0.15) is 47.2 Å². The Morgan fingerprint density at radius 2 is 1.50 bits per heavy atom. The molecule has 66 heavy (non-hydrogen) atoms. The summed E-state index contributed by atoms with van der Waals surface area (Å²) in [6.45, 7) is 4.02. The second-order valence-electron chi connectivity index (χ2n) is 17.6. The number of benzene rings is 5. The maximum atomic E-state index is 15.5. The van der Waals surface area contributed by atoms with Crippen LogP contribution in [0.25, 0.3) is 10.8 Å². The molecule has 1 aromatic heterocycles. The quantitative estimate of drug-likeness (QED) is 0.127. The van der Waals surface area contributed by atoms with E-state index in [0.29, 0.717) is 57.5 Å². The Bertz CT molecular complexity index is 2750. The monoisotopic (exact) mass is 874 g/mol. The predicted molar refractivity (Wildman–Crippen MR) is 259 cm³/mol. The van der Waals surface area contributed by atoms with Crippen LogP contribution in [0.2, 0.25) is 0 Å².